The number of rotatable bonds is 6. The summed E-state index contributed by atoms with van der Waals surface area (Å²) < 4.78 is 16.6. The van der Waals surface area contributed by atoms with Gasteiger partial charge in [-0.25, -0.2) is 0 Å². The van der Waals surface area contributed by atoms with E-state index in [9.17, 15) is 5.11 Å². The summed E-state index contributed by atoms with van der Waals surface area (Å²) in [5.41, 5.74) is 3.48. The molecule has 2 aromatic rings. The molecule has 2 aromatic carbocycles. The molecule has 33 heavy (non-hydrogen) atoms. The second-order valence-corrected chi connectivity index (χ2v) is 11.0. The Labute approximate surface area is 200 Å². The Kier molecular flexibility index (Phi) is 6.25. The number of fused-ring (bicyclic) bond motifs is 5. The van der Waals surface area contributed by atoms with Crippen LogP contribution in [0.1, 0.15) is 63.0 Å². The lowest BCUT2D eigenvalue weighted by Crippen LogP contribution is -2.45. The van der Waals surface area contributed by atoms with E-state index in [1.807, 2.05) is 6.07 Å². The molecule has 178 valence electrons. The van der Waals surface area contributed by atoms with Crippen molar-refractivity contribution in [1.82, 2.24) is 0 Å². The third-order valence-corrected chi connectivity index (χ3v) is 9.54. The molecule has 0 bridgehead atoms. The first-order valence-corrected chi connectivity index (χ1v) is 12.9. The minimum atomic E-state index is 0.129. The molecule has 0 amide bonds. The molecule has 3 aliphatic carbocycles. The van der Waals surface area contributed by atoms with Crippen molar-refractivity contribution in [3.05, 3.63) is 47.5 Å². The summed E-state index contributed by atoms with van der Waals surface area (Å²) in [5.74, 6) is 5.96. The van der Waals surface area contributed by atoms with E-state index in [4.69, 9.17) is 14.0 Å². The Morgan fingerprint density at radius 1 is 1.09 bits per heavy atom. The zero-order valence-corrected chi connectivity index (χ0v) is 21.2. The number of benzene rings is 2. The molecule has 0 radical (unpaired) electrons. The Bertz CT molecular complexity index is 1010. The molecule has 4 nitrogen and oxygen atoms in total. The second kappa shape index (κ2) is 9.02. The van der Waals surface area contributed by atoms with Crippen molar-refractivity contribution in [2.24, 2.45) is 29.1 Å². The van der Waals surface area contributed by atoms with Gasteiger partial charge in [0, 0.05) is 6.07 Å². The van der Waals surface area contributed by atoms with Crippen LogP contribution in [0.3, 0.4) is 0 Å². The van der Waals surface area contributed by atoms with Gasteiger partial charge in [-0.3, -0.25) is 0 Å². The lowest BCUT2D eigenvalue weighted by Gasteiger charge is -2.53. The van der Waals surface area contributed by atoms with Crippen LogP contribution in [0.2, 0.25) is 0 Å². The molecule has 5 rings (SSSR count). The highest BCUT2D eigenvalue weighted by Crippen LogP contribution is 2.64. The van der Waals surface area contributed by atoms with Crippen LogP contribution in [-0.4, -0.2) is 18.8 Å². The third kappa shape index (κ3) is 3.99. The minimum absolute atomic E-state index is 0.129. The fourth-order valence-corrected chi connectivity index (χ4v) is 7.84. The predicted octanol–water partition coefficient (Wildman–Crippen LogP) is 6.76. The summed E-state index contributed by atoms with van der Waals surface area (Å²) in [4.78, 5) is 0. The maximum absolute atomic E-state index is 10.0. The van der Waals surface area contributed by atoms with Gasteiger partial charge in [0.25, 0.3) is 0 Å². The molecule has 6 unspecified atom stereocenters. The third-order valence-electron chi connectivity index (χ3n) is 9.26. The highest BCUT2D eigenvalue weighted by Gasteiger charge is 2.55. The Hall–Kier alpha value is -1.93. The molecule has 2 fully saturated rings. The van der Waals surface area contributed by atoms with Crippen molar-refractivity contribution in [3.63, 3.8) is 0 Å². The number of methoxy groups -OCH3 is 1. The van der Waals surface area contributed by atoms with Crippen LogP contribution in [0.15, 0.2) is 36.4 Å². The van der Waals surface area contributed by atoms with Crippen LogP contribution >= 0.6 is 9.47 Å². The van der Waals surface area contributed by atoms with Crippen molar-refractivity contribution < 1.29 is 19.1 Å². The van der Waals surface area contributed by atoms with Gasteiger partial charge in [0.05, 0.1) is 23.2 Å². The average Bonchev–Trinajstić information content (AvgIpc) is 3.15. The molecule has 0 aromatic heterocycles. The first kappa shape index (κ1) is 22.8. The van der Waals surface area contributed by atoms with Gasteiger partial charge in [0.2, 0.25) is 0 Å². The minimum Gasteiger partial charge on any atom is -0.504 e. The summed E-state index contributed by atoms with van der Waals surface area (Å²) >= 11 is 0. The molecule has 2 saturated carbocycles. The largest absolute Gasteiger partial charge is 0.504 e. The number of phenolic OH excluding ortho intramolecular Hbond substituents is 1. The van der Waals surface area contributed by atoms with E-state index in [1.165, 1.54) is 37.7 Å². The smallest absolute Gasteiger partial charge is 0.161 e. The second-order valence-electron chi connectivity index (χ2n) is 10.7. The van der Waals surface area contributed by atoms with Crippen molar-refractivity contribution in [2.45, 2.75) is 58.3 Å². The number of hydrogen-bond acceptors (Lipinski definition) is 4. The van der Waals surface area contributed by atoms with E-state index in [0.29, 0.717) is 41.3 Å². The van der Waals surface area contributed by atoms with E-state index < -0.39 is 0 Å². The average molecular weight is 469 g/mol. The highest BCUT2D eigenvalue weighted by atomic mass is 31.0. The molecule has 5 heteroatoms. The highest BCUT2D eigenvalue weighted by molar-refractivity contribution is 7.10. The van der Waals surface area contributed by atoms with Crippen LogP contribution in [0.25, 0.3) is 0 Å². The molecule has 3 aliphatic rings. The van der Waals surface area contributed by atoms with Crippen LogP contribution in [0.4, 0.5) is 0 Å². The number of aromatic hydroxyl groups is 1. The van der Waals surface area contributed by atoms with Gasteiger partial charge in [0.15, 0.2) is 11.5 Å². The number of ether oxygens (including phenoxy) is 2. The Morgan fingerprint density at radius 2 is 1.91 bits per heavy atom. The summed E-state index contributed by atoms with van der Waals surface area (Å²) in [6, 6.07) is 12.0. The van der Waals surface area contributed by atoms with E-state index in [0.717, 1.165) is 24.0 Å². The predicted molar refractivity (Wildman–Crippen MR) is 134 cm³/mol. The SMILES string of the molecule is COc1ccc(OCC[C@H]2CCC3C4C(C)Cc5cc(OP)ccc5C4CCC32C)cc1O. The van der Waals surface area contributed by atoms with Gasteiger partial charge < -0.3 is 19.1 Å². The van der Waals surface area contributed by atoms with E-state index in [2.05, 4.69) is 41.5 Å². The van der Waals surface area contributed by atoms with Gasteiger partial charge in [-0.2, -0.15) is 0 Å². The van der Waals surface area contributed by atoms with Gasteiger partial charge in [0.1, 0.15) is 11.5 Å². The van der Waals surface area contributed by atoms with Gasteiger partial charge >= 0.3 is 0 Å². The molecule has 1 N–H and O–H groups in total. The maximum atomic E-state index is 10.0. The lowest BCUT2D eigenvalue weighted by atomic mass is 9.51. The van der Waals surface area contributed by atoms with Gasteiger partial charge in [-0.15, -0.1) is 0 Å². The Balaban J connectivity index is 1.27. The number of hydrogen-bond donors (Lipinski definition) is 1. The molecule has 0 saturated heterocycles. The molecular weight excluding hydrogens is 431 g/mol. The molecule has 0 aliphatic heterocycles. The van der Waals surface area contributed by atoms with Gasteiger partial charge in [-0.1, -0.05) is 19.9 Å². The summed E-state index contributed by atoms with van der Waals surface area (Å²) in [7, 11) is 3.93. The summed E-state index contributed by atoms with van der Waals surface area (Å²) in [6.45, 7) is 5.74. The monoisotopic (exact) mass is 468 g/mol. The van der Waals surface area contributed by atoms with Crippen LogP contribution in [0.5, 0.6) is 23.0 Å². The van der Waals surface area contributed by atoms with E-state index in [-0.39, 0.29) is 5.75 Å². The van der Waals surface area contributed by atoms with E-state index >= 15 is 0 Å². The van der Waals surface area contributed by atoms with Crippen LogP contribution in [-0.2, 0) is 6.42 Å². The fourth-order valence-electron chi connectivity index (χ4n) is 7.69. The normalized spacial score (nSPS) is 32.4. The standard InChI is InChI=1S/C28H37O4P/c1-17-14-18-15-21(32-33)5-7-22(18)23-10-12-28(2)19(4-8-24(28)27(17)23)11-13-31-20-6-9-26(30-3)25(29)16-20/h5-7,9,15-17,19,23-24,27,29H,4,8,10-14,33H2,1-3H3/t17?,19-,23?,24?,27?,28?/m1/s1. The molecule has 0 spiro atoms. The quantitative estimate of drug-likeness (QED) is 0.476. The van der Waals surface area contributed by atoms with Crippen molar-refractivity contribution in [1.29, 1.82) is 0 Å². The molecule has 0 heterocycles. The van der Waals surface area contributed by atoms with Crippen molar-refractivity contribution in [3.8, 4) is 23.0 Å². The van der Waals surface area contributed by atoms with Crippen LogP contribution < -0.4 is 14.0 Å². The summed E-state index contributed by atoms with van der Waals surface area (Å²) in [6.07, 6.45) is 7.50. The zero-order chi connectivity index (χ0) is 23.2. The topological polar surface area (TPSA) is 47.9 Å². The van der Waals surface area contributed by atoms with Crippen molar-refractivity contribution in [2.75, 3.05) is 13.7 Å². The lowest BCUT2D eigenvalue weighted by molar-refractivity contribution is 0.000926. The van der Waals surface area contributed by atoms with Crippen LogP contribution in [0, 0.1) is 29.1 Å². The molecule has 7 atom stereocenters. The first-order chi connectivity index (χ1) is 15.9. The maximum Gasteiger partial charge on any atom is 0.161 e. The first-order valence-electron chi connectivity index (χ1n) is 12.4. The van der Waals surface area contributed by atoms with E-state index in [1.54, 1.807) is 24.8 Å². The Morgan fingerprint density at radius 3 is 2.67 bits per heavy atom. The number of phenols is 1. The fraction of sp³-hybridized carbons (Fsp3) is 0.571. The summed E-state index contributed by atoms with van der Waals surface area (Å²) in [5, 5.41) is 10.0. The molecular formula is C28H37O4P. The van der Waals surface area contributed by atoms with Crippen molar-refractivity contribution >= 4 is 9.47 Å². The van der Waals surface area contributed by atoms with Gasteiger partial charge in [-0.05, 0) is 109 Å². The zero-order valence-electron chi connectivity index (χ0n) is 20.0.